The predicted octanol–water partition coefficient (Wildman–Crippen LogP) is 1.18. The average molecular weight is 351 g/mol. The maximum absolute atomic E-state index is 12.0. The highest BCUT2D eigenvalue weighted by Crippen LogP contribution is 2.33. The van der Waals surface area contributed by atoms with Crippen molar-refractivity contribution in [3.8, 4) is 11.5 Å². The van der Waals surface area contributed by atoms with E-state index in [4.69, 9.17) is 9.47 Å². The van der Waals surface area contributed by atoms with Gasteiger partial charge in [0.2, 0.25) is 5.91 Å². The molecule has 0 spiro atoms. The number of amides is 1. The van der Waals surface area contributed by atoms with Gasteiger partial charge < -0.3 is 19.5 Å². The molecule has 0 fully saturated rings. The fourth-order valence-corrected chi connectivity index (χ4v) is 2.36. The second kappa shape index (κ2) is 8.81. The first kappa shape index (κ1) is 20.1. The van der Waals surface area contributed by atoms with E-state index >= 15 is 0 Å². The van der Waals surface area contributed by atoms with Crippen molar-refractivity contribution in [1.29, 1.82) is 0 Å². The standard InChI is InChI=1S/C17H21NO7/c1-9(19)15(17(22)24-5)16(18-10(2)20)12-6-7-13(25-11(3)21)14(8-12)23-4/h6-8,15-16H,1-5H3,(H,18,20). The average Bonchev–Trinajstić information content (AvgIpc) is 2.53. The van der Waals surface area contributed by atoms with Crippen LogP contribution in [0.2, 0.25) is 0 Å². The van der Waals surface area contributed by atoms with Gasteiger partial charge in [-0.25, -0.2) is 0 Å². The lowest BCUT2D eigenvalue weighted by atomic mass is 9.89. The Morgan fingerprint density at radius 1 is 1.00 bits per heavy atom. The molecule has 0 aliphatic heterocycles. The van der Waals surface area contributed by atoms with Crippen molar-refractivity contribution in [2.24, 2.45) is 5.92 Å². The van der Waals surface area contributed by atoms with Gasteiger partial charge in [0.15, 0.2) is 11.5 Å². The van der Waals surface area contributed by atoms with Crippen LogP contribution in [0, 0.1) is 5.92 Å². The fourth-order valence-electron chi connectivity index (χ4n) is 2.36. The van der Waals surface area contributed by atoms with E-state index in [1.165, 1.54) is 46.1 Å². The minimum absolute atomic E-state index is 0.178. The number of ketones is 1. The van der Waals surface area contributed by atoms with Gasteiger partial charge in [0.1, 0.15) is 11.7 Å². The van der Waals surface area contributed by atoms with Crippen LogP contribution >= 0.6 is 0 Å². The summed E-state index contributed by atoms with van der Waals surface area (Å²) in [6.45, 7) is 3.75. The zero-order chi connectivity index (χ0) is 19.1. The lowest BCUT2D eigenvalue weighted by molar-refractivity contribution is -0.150. The molecule has 2 atom stereocenters. The highest BCUT2D eigenvalue weighted by molar-refractivity contribution is 5.99. The molecular formula is C17H21NO7. The van der Waals surface area contributed by atoms with Crippen molar-refractivity contribution < 1.29 is 33.4 Å². The van der Waals surface area contributed by atoms with Gasteiger partial charge in [-0.15, -0.1) is 0 Å². The molecule has 8 heteroatoms. The normalized spacial score (nSPS) is 12.5. The van der Waals surface area contributed by atoms with Gasteiger partial charge in [-0.1, -0.05) is 6.07 Å². The molecule has 0 heterocycles. The number of Topliss-reactive ketones (excluding diaryl/α,β-unsaturated/α-hetero) is 1. The van der Waals surface area contributed by atoms with E-state index in [0.29, 0.717) is 5.56 Å². The topological polar surface area (TPSA) is 108 Å². The maximum atomic E-state index is 12.0. The molecule has 0 bridgehead atoms. The third-order valence-corrected chi connectivity index (χ3v) is 3.39. The van der Waals surface area contributed by atoms with E-state index in [0.717, 1.165) is 7.11 Å². The molecular weight excluding hydrogens is 330 g/mol. The second-order valence-electron chi connectivity index (χ2n) is 5.29. The summed E-state index contributed by atoms with van der Waals surface area (Å²) >= 11 is 0. The Hall–Kier alpha value is -2.90. The van der Waals surface area contributed by atoms with Crippen molar-refractivity contribution in [3.63, 3.8) is 0 Å². The molecule has 0 aromatic heterocycles. The van der Waals surface area contributed by atoms with Gasteiger partial charge in [-0.2, -0.15) is 0 Å². The molecule has 1 rings (SSSR count). The number of esters is 2. The second-order valence-corrected chi connectivity index (χ2v) is 5.29. The molecule has 1 amide bonds. The smallest absolute Gasteiger partial charge is 0.318 e. The quantitative estimate of drug-likeness (QED) is 0.446. The Labute approximate surface area is 145 Å². The number of hydrogen-bond acceptors (Lipinski definition) is 7. The van der Waals surface area contributed by atoms with Crippen LogP contribution in [0.15, 0.2) is 18.2 Å². The number of hydrogen-bond donors (Lipinski definition) is 1. The molecule has 25 heavy (non-hydrogen) atoms. The number of carbonyl (C=O) groups excluding carboxylic acids is 4. The third kappa shape index (κ3) is 5.30. The lowest BCUT2D eigenvalue weighted by Gasteiger charge is -2.25. The summed E-state index contributed by atoms with van der Waals surface area (Å²) < 4.78 is 14.9. The first-order chi connectivity index (χ1) is 11.7. The highest BCUT2D eigenvalue weighted by Gasteiger charge is 2.35. The Balaban J connectivity index is 3.39. The van der Waals surface area contributed by atoms with Crippen LogP contribution in [0.25, 0.3) is 0 Å². The monoisotopic (exact) mass is 351 g/mol. The lowest BCUT2D eigenvalue weighted by Crippen LogP contribution is -2.39. The largest absolute Gasteiger partial charge is 0.493 e. The Bertz CT molecular complexity index is 684. The van der Waals surface area contributed by atoms with Gasteiger partial charge in [-0.3, -0.25) is 19.2 Å². The van der Waals surface area contributed by atoms with Crippen LogP contribution in [-0.2, 0) is 23.9 Å². The summed E-state index contributed by atoms with van der Waals surface area (Å²) in [4.78, 5) is 46.7. The highest BCUT2D eigenvalue weighted by atomic mass is 16.6. The maximum Gasteiger partial charge on any atom is 0.318 e. The van der Waals surface area contributed by atoms with Gasteiger partial charge in [0.25, 0.3) is 0 Å². The van der Waals surface area contributed by atoms with Crippen molar-refractivity contribution >= 4 is 23.6 Å². The van der Waals surface area contributed by atoms with Crippen LogP contribution in [0.4, 0.5) is 0 Å². The number of nitrogens with one attached hydrogen (secondary N) is 1. The molecule has 1 aromatic carbocycles. The van der Waals surface area contributed by atoms with Gasteiger partial charge >= 0.3 is 11.9 Å². The van der Waals surface area contributed by atoms with Crippen LogP contribution in [0.3, 0.4) is 0 Å². The molecule has 0 aliphatic rings. The Morgan fingerprint density at radius 3 is 2.08 bits per heavy atom. The first-order valence-corrected chi connectivity index (χ1v) is 7.43. The molecule has 136 valence electrons. The molecule has 1 N–H and O–H groups in total. The molecule has 0 saturated heterocycles. The van der Waals surface area contributed by atoms with Crippen molar-refractivity contribution in [3.05, 3.63) is 23.8 Å². The van der Waals surface area contributed by atoms with Crippen LogP contribution in [0.1, 0.15) is 32.4 Å². The van der Waals surface area contributed by atoms with Crippen LogP contribution in [0.5, 0.6) is 11.5 Å². The zero-order valence-electron chi connectivity index (χ0n) is 14.7. The van der Waals surface area contributed by atoms with E-state index < -0.39 is 35.6 Å². The first-order valence-electron chi connectivity index (χ1n) is 7.43. The summed E-state index contributed by atoms with van der Waals surface area (Å²) in [5, 5.41) is 2.58. The van der Waals surface area contributed by atoms with E-state index in [1.54, 1.807) is 0 Å². The molecule has 0 aliphatic carbocycles. The van der Waals surface area contributed by atoms with Crippen molar-refractivity contribution in [1.82, 2.24) is 5.32 Å². The minimum Gasteiger partial charge on any atom is -0.493 e. The number of benzene rings is 1. The van der Waals surface area contributed by atoms with E-state index in [2.05, 4.69) is 10.1 Å². The number of carbonyl (C=O) groups is 4. The zero-order valence-corrected chi connectivity index (χ0v) is 14.7. The minimum atomic E-state index is -1.22. The van der Waals surface area contributed by atoms with Crippen LogP contribution < -0.4 is 14.8 Å². The van der Waals surface area contributed by atoms with E-state index in [1.807, 2.05) is 0 Å². The van der Waals surface area contributed by atoms with Crippen molar-refractivity contribution in [2.75, 3.05) is 14.2 Å². The predicted molar refractivity (Wildman–Crippen MR) is 87.0 cm³/mol. The van der Waals surface area contributed by atoms with Crippen molar-refractivity contribution in [2.45, 2.75) is 26.8 Å². The van der Waals surface area contributed by atoms with Gasteiger partial charge in [-0.05, 0) is 24.6 Å². The number of rotatable bonds is 7. The summed E-state index contributed by atoms with van der Waals surface area (Å²) in [5.41, 5.74) is 0.425. The summed E-state index contributed by atoms with van der Waals surface area (Å²) in [5.74, 6) is -3.02. The molecule has 1 aromatic rings. The van der Waals surface area contributed by atoms with Crippen LogP contribution in [-0.4, -0.2) is 37.8 Å². The third-order valence-electron chi connectivity index (χ3n) is 3.39. The fraction of sp³-hybridized carbons (Fsp3) is 0.412. The van der Waals surface area contributed by atoms with E-state index in [9.17, 15) is 19.2 Å². The molecule has 2 unspecified atom stereocenters. The Kier molecular flexibility index (Phi) is 7.10. The van der Waals surface area contributed by atoms with Gasteiger partial charge in [0.05, 0.1) is 20.3 Å². The Morgan fingerprint density at radius 2 is 1.64 bits per heavy atom. The van der Waals surface area contributed by atoms with Gasteiger partial charge in [0, 0.05) is 13.8 Å². The summed E-state index contributed by atoms with van der Waals surface area (Å²) in [7, 11) is 2.54. The summed E-state index contributed by atoms with van der Waals surface area (Å²) in [6, 6.07) is 3.51. The molecule has 0 saturated carbocycles. The SMILES string of the molecule is COC(=O)C(C(C)=O)C(NC(C)=O)c1ccc(OC(C)=O)c(OC)c1. The van der Waals surface area contributed by atoms with E-state index in [-0.39, 0.29) is 11.5 Å². The number of methoxy groups -OCH3 is 2. The summed E-state index contributed by atoms with van der Waals surface area (Å²) in [6.07, 6.45) is 0. The number of ether oxygens (including phenoxy) is 3. The molecule has 0 radical (unpaired) electrons. The molecule has 8 nitrogen and oxygen atoms in total.